The van der Waals surface area contributed by atoms with Crippen LogP contribution < -0.4 is 5.32 Å². The van der Waals surface area contributed by atoms with Gasteiger partial charge in [0.15, 0.2) is 0 Å². The van der Waals surface area contributed by atoms with Crippen molar-refractivity contribution in [2.24, 2.45) is 0 Å². The number of carboxylic acids is 1. The van der Waals surface area contributed by atoms with E-state index < -0.39 is 5.97 Å². The summed E-state index contributed by atoms with van der Waals surface area (Å²) in [6.45, 7) is 4.15. The second-order valence-electron chi connectivity index (χ2n) is 4.72. The van der Waals surface area contributed by atoms with Crippen LogP contribution in [0.2, 0.25) is 0 Å². The fraction of sp³-hybridized carbons (Fsp3) is 0.429. The van der Waals surface area contributed by atoms with Crippen LogP contribution in [-0.4, -0.2) is 34.6 Å². The highest BCUT2D eigenvalue weighted by Crippen LogP contribution is 2.09. The second-order valence-corrected chi connectivity index (χ2v) is 4.72. The Morgan fingerprint density at radius 2 is 1.90 bits per heavy atom. The summed E-state index contributed by atoms with van der Waals surface area (Å²) in [6, 6.07) is 5.55. The highest BCUT2D eigenvalue weighted by molar-refractivity contribution is 5.75. The van der Waals surface area contributed by atoms with Gasteiger partial charge >= 0.3 is 12.0 Å². The van der Waals surface area contributed by atoms with Crippen molar-refractivity contribution in [1.29, 1.82) is 0 Å². The van der Waals surface area contributed by atoms with Crippen molar-refractivity contribution >= 4 is 12.0 Å². The maximum atomic E-state index is 12.8. The van der Waals surface area contributed by atoms with Crippen molar-refractivity contribution in [3.8, 4) is 0 Å². The average molecular weight is 282 g/mol. The molecule has 1 aromatic rings. The first-order valence-corrected chi connectivity index (χ1v) is 6.41. The van der Waals surface area contributed by atoms with Gasteiger partial charge in [-0.2, -0.15) is 0 Å². The Balaban J connectivity index is 2.61. The van der Waals surface area contributed by atoms with Crippen LogP contribution in [0.25, 0.3) is 0 Å². The summed E-state index contributed by atoms with van der Waals surface area (Å²) in [5.74, 6) is -1.28. The molecule has 0 aliphatic rings. The predicted octanol–water partition coefficient (Wildman–Crippen LogP) is 2.22. The van der Waals surface area contributed by atoms with E-state index in [1.165, 1.54) is 12.1 Å². The van der Waals surface area contributed by atoms with Gasteiger partial charge in [-0.05, 0) is 31.5 Å². The number of amides is 2. The quantitative estimate of drug-likeness (QED) is 0.840. The summed E-state index contributed by atoms with van der Waals surface area (Å²) >= 11 is 0. The standard InChI is InChI=1S/C14H19FN2O3/c1-10(2)17(14(20)16-8-7-13(18)19)9-11-3-5-12(15)6-4-11/h3-6,10H,7-9H2,1-2H3,(H,16,20)(H,18,19). The first kappa shape index (κ1) is 15.9. The molecule has 0 saturated heterocycles. The van der Waals surface area contributed by atoms with E-state index in [0.717, 1.165) is 5.56 Å². The van der Waals surface area contributed by atoms with Crippen molar-refractivity contribution < 1.29 is 19.1 Å². The van der Waals surface area contributed by atoms with Gasteiger partial charge in [0.05, 0.1) is 6.42 Å². The minimum absolute atomic E-state index is 0.0510. The number of carboxylic acid groups (broad SMARTS) is 1. The minimum Gasteiger partial charge on any atom is -0.481 e. The van der Waals surface area contributed by atoms with Crippen LogP contribution in [0.5, 0.6) is 0 Å². The molecule has 110 valence electrons. The maximum Gasteiger partial charge on any atom is 0.317 e. The van der Waals surface area contributed by atoms with Crippen LogP contribution in [0.15, 0.2) is 24.3 Å². The molecule has 0 aromatic heterocycles. The van der Waals surface area contributed by atoms with Crippen LogP contribution in [-0.2, 0) is 11.3 Å². The third-order valence-electron chi connectivity index (χ3n) is 2.77. The summed E-state index contributed by atoms with van der Waals surface area (Å²) in [7, 11) is 0. The largest absolute Gasteiger partial charge is 0.481 e. The molecule has 2 N–H and O–H groups in total. The summed E-state index contributed by atoms with van der Waals surface area (Å²) in [5, 5.41) is 11.1. The normalized spacial score (nSPS) is 10.4. The molecule has 0 radical (unpaired) electrons. The third kappa shape index (κ3) is 5.26. The molecule has 0 aliphatic heterocycles. The second kappa shape index (κ2) is 7.47. The van der Waals surface area contributed by atoms with Gasteiger partial charge in [0.2, 0.25) is 0 Å². The smallest absolute Gasteiger partial charge is 0.317 e. The van der Waals surface area contributed by atoms with Gasteiger partial charge in [0.1, 0.15) is 5.82 Å². The molecule has 0 aliphatic carbocycles. The van der Waals surface area contributed by atoms with E-state index in [-0.39, 0.29) is 30.9 Å². The molecule has 5 nitrogen and oxygen atoms in total. The van der Waals surface area contributed by atoms with Gasteiger partial charge in [0, 0.05) is 19.1 Å². The molecular weight excluding hydrogens is 263 g/mol. The van der Waals surface area contributed by atoms with Crippen LogP contribution in [0.4, 0.5) is 9.18 Å². The van der Waals surface area contributed by atoms with Gasteiger partial charge in [-0.3, -0.25) is 4.79 Å². The fourth-order valence-electron chi connectivity index (χ4n) is 1.65. The molecule has 6 heteroatoms. The molecule has 0 bridgehead atoms. The van der Waals surface area contributed by atoms with Gasteiger partial charge in [-0.15, -0.1) is 0 Å². The van der Waals surface area contributed by atoms with E-state index in [4.69, 9.17) is 5.11 Å². The van der Waals surface area contributed by atoms with E-state index in [1.54, 1.807) is 17.0 Å². The molecule has 1 aromatic carbocycles. The topological polar surface area (TPSA) is 69.6 Å². The monoisotopic (exact) mass is 282 g/mol. The van der Waals surface area contributed by atoms with Crippen molar-refractivity contribution in [1.82, 2.24) is 10.2 Å². The van der Waals surface area contributed by atoms with E-state index >= 15 is 0 Å². The lowest BCUT2D eigenvalue weighted by Crippen LogP contribution is -2.44. The SMILES string of the molecule is CC(C)N(Cc1ccc(F)cc1)C(=O)NCCC(=O)O. The molecule has 20 heavy (non-hydrogen) atoms. The zero-order chi connectivity index (χ0) is 15.1. The highest BCUT2D eigenvalue weighted by atomic mass is 19.1. The number of hydrogen-bond acceptors (Lipinski definition) is 2. The minimum atomic E-state index is -0.958. The number of benzene rings is 1. The molecule has 1 rings (SSSR count). The fourth-order valence-corrected chi connectivity index (χ4v) is 1.65. The van der Waals surface area contributed by atoms with Crippen molar-refractivity contribution in [2.45, 2.75) is 32.9 Å². The zero-order valence-electron chi connectivity index (χ0n) is 11.6. The number of carbonyl (C=O) groups is 2. The first-order valence-electron chi connectivity index (χ1n) is 6.41. The molecular formula is C14H19FN2O3. The molecule has 0 heterocycles. The number of nitrogens with zero attached hydrogens (tertiary/aromatic N) is 1. The molecule has 0 fully saturated rings. The molecule has 2 amide bonds. The van der Waals surface area contributed by atoms with E-state index in [1.807, 2.05) is 13.8 Å². The summed E-state index contributed by atoms with van der Waals surface area (Å²) in [5.41, 5.74) is 0.813. The lowest BCUT2D eigenvalue weighted by Gasteiger charge is -2.27. The lowest BCUT2D eigenvalue weighted by atomic mass is 10.2. The Morgan fingerprint density at radius 3 is 2.40 bits per heavy atom. The van der Waals surface area contributed by atoms with E-state index in [9.17, 15) is 14.0 Å². The van der Waals surface area contributed by atoms with Crippen molar-refractivity contribution in [2.75, 3.05) is 6.54 Å². The molecule has 0 spiro atoms. The number of hydrogen-bond donors (Lipinski definition) is 2. The third-order valence-corrected chi connectivity index (χ3v) is 2.77. The lowest BCUT2D eigenvalue weighted by molar-refractivity contribution is -0.136. The van der Waals surface area contributed by atoms with Crippen LogP contribution in [0.3, 0.4) is 0 Å². The summed E-state index contributed by atoms with van der Waals surface area (Å²) in [4.78, 5) is 24.0. The molecule has 0 atom stereocenters. The van der Waals surface area contributed by atoms with Crippen LogP contribution in [0, 0.1) is 5.82 Å². The Kier molecular flexibility index (Phi) is 5.96. The van der Waals surface area contributed by atoms with Crippen molar-refractivity contribution in [3.63, 3.8) is 0 Å². The van der Waals surface area contributed by atoms with Gasteiger partial charge in [-0.25, -0.2) is 9.18 Å². The van der Waals surface area contributed by atoms with Gasteiger partial charge < -0.3 is 15.3 Å². The van der Waals surface area contributed by atoms with E-state index in [0.29, 0.717) is 6.54 Å². The molecule has 0 unspecified atom stereocenters. The van der Waals surface area contributed by atoms with Gasteiger partial charge in [0.25, 0.3) is 0 Å². The predicted molar refractivity (Wildman–Crippen MR) is 72.7 cm³/mol. The average Bonchev–Trinajstić information content (AvgIpc) is 2.37. The maximum absolute atomic E-state index is 12.8. The number of nitrogens with one attached hydrogen (secondary N) is 1. The van der Waals surface area contributed by atoms with E-state index in [2.05, 4.69) is 5.32 Å². The molecule has 0 saturated carbocycles. The number of aliphatic carboxylic acids is 1. The highest BCUT2D eigenvalue weighted by Gasteiger charge is 2.17. The zero-order valence-corrected chi connectivity index (χ0v) is 11.6. The number of halogens is 1. The summed E-state index contributed by atoms with van der Waals surface area (Å²) < 4.78 is 12.8. The number of carbonyl (C=O) groups excluding carboxylic acids is 1. The first-order chi connectivity index (χ1) is 9.40. The summed E-state index contributed by atoms with van der Waals surface area (Å²) in [6.07, 6.45) is -0.117. The Hall–Kier alpha value is -2.11. The Labute approximate surface area is 117 Å². The van der Waals surface area contributed by atoms with Crippen molar-refractivity contribution in [3.05, 3.63) is 35.6 Å². The Bertz CT molecular complexity index is 460. The van der Waals surface area contributed by atoms with Crippen LogP contribution in [0.1, 0.15) is 25.8 Å². The number of urea groups is 1. The Morgan fingerprint density at radius 1 is 1.30 bits per heavy atom. The van der Waals surface area contributed by atoms with Crippen LogP contribution >= 0.6 is 0 Å². The van der Waals surface area contributed by atoms with Gasteiger partial charge in [-0.1, -0.05) is 12.1 Å². The number of rotatable bonds is 6.